The van der Waals surface area contributed by atoms with Crippen molar-refractivity contribution in [3.8, 4) is 11.1 Å². The molecule has 0 aliphatic heterocycles. The van der Waals surface area contributed by atoms with Crippen molar-refractivity contribution < 1.29 is 17.6 Å². The van der Waals surface area contributed by atoms with Crippen LogP contribution in [0.25, 0.3) is 16.0 Å². The van der Waals surface area contributed by atoms with Crippen molar-refractivity contribution in [3.63, 3.8) is 0 Å². The SMILES string of the molecule is CCS(=O)(=O)C(=C=O)c1ccc(-c2ccc(F)cc2)cn1. The number of pyridine rings is 1. The van der Waals surface area contributed by atoms with Gasteiger partial charge in [-0.25, -0.2) is 17.6 Å². The molecule has 0 aliphatic carbocycles. The maximum Gasteiger partial charge on any atom is 0.190 e. The molecule has 1 heterocycles. The Balaban J connectivity index is 2.39. The van der Waals surface area contributed by atoms with Crippen molar-refractivity contribution in [2.75, 3.05) is 5.75 Å². The number of carbonyl (C=O) groups excluding carboxylic acids is 1. The van der Waals surface area contributed by atoms with E-state index in [0.29, 0.717) is 5.56 Å². The van der Waals surface area contributed by atoms with Crippen LogP contribution in [0.3, 0.4) is 0 Å². The third kappa shape index (κ3) is 3.24. The Morgan fingerprint density at radius 1 is 1.14 bits per heavy atom. The van der Waals surface area contributed by atoms with E-state index in [0.717, 1.165) is 5.56 Å². The minimum Gasteiger partial charge on any atom is -0.254 e. The van der Waals surface area contributed by atoms with Gasteiger partial charge in [-0.2, -0.15) is 0 Å². The molecule has 0 saturated carbocycles. The number of rotatable bonds is 4. The molecule has 0 radical (unpaired) electrons. The van der Waals surface area contributed by atoms with Crippen molar-refractivity contribution in [2.45, 2.75) is 6.92 Å². The van der Waals surface area contributed by atoms with E-state index < -0.39 is 14.7 Å². The van der Waals surface area contributed by atoms with E-state index in [-0.39, 0.29) is 17.3 Å². The van der Waals surface area contributed by atoms with E-state index in [4.69, 9.17) is 0 Å². The molecule has 6 heteroatoms. The topological polar surface area (TPSA) is 64.1 Å². The summed E-state index contributed by atoms with van der Waals surface area (Å²) in [6.07, 6.45) is 1.44. The van der Waals surface area contributed by atoms with Crippen LogP contribution < -0.4 is 0 Å². The first kappa shape index (κ1) is 15.1. The van der Waals surface area contributed by atoms with Gasteiger partial charge in [0.05, 0.1) is 11.4 Å². The second kappa shape index (κ2) is 5.99. The van der Waals surface area contributed by atoms with Crippen LogP contribution in [0.2, 0.25) is 0 Å². The zero-order chi connectivity index (χ0) is 15.5. The molecule has 0 unspecified atom stereocenters. The molecule has 0 atom stereocenters. The van der Waals surface area contributed by atoms with Gasteiger partial charge in [0.15, 0.2) is 14.7 Å². The second-order valence-electron chi connectivity index (χ2n) is 4.27. The van der Waals surface area contributed by atoms with Crippen LogP contribution >= 0.6 is 0 Å². The van der Waals surface area contributed by atoms with Crippen LogP contribution in [0.1, 0.15) is 12.6 Å². The zero-order valence-corrected chi connectivity index (χ0v) is 12.0. The fraction of sp³-hybridized carbons (Fsp3) is 0.133. The summed E-state index contributed by atoms with van der Waals surface area (Å²) in [7, 11) is -3.67. The monoisotopic (exact) mass is 305 g/mol. The van der Waals surface area contributed by atoms with Gasteiger partial charge in [-0.1, -0.05) is 25.1 Å². The van der Waals surface area contributed by atoms with Gasteiger partial charge in [0.25, 0.3) is 0 Å². The van der Waals surface area contributed by atoms with Crippen molar-refractivity contribution in [2.24, 2.45) is 0 Å². The van der Waals surface area contributed by atoms with E-state index in [1.807, 2.05) is 0 Å². The Morgan fingerprint density at radius 3 is 2.24 bits per heavy atom. The van der Waals surface area contributed by atoms with Gasteiger partial charge in [-0.3, -0.25) is 4.98 Å². The highest BCUT2D eigenvalue weighted by Crippen LogP contribution is 2.22. The molecular weight excluding hydrogens is 293 g/mol. The highest BCUT2D eigenvalue weighted by Gasteiger charge is 2.20. The van der Waals surface area contributed by atoms with Crippen LogP contribution in [-0.2, 0) is 14.6 Å². The Hall–Kier alpha value is -2.30. The molecule has 0 aliphatic rings. The molecule has 2 aromatic rings. The summed E-state index contributed by atoms with van der Waals surface area (Å²) < 4.78 is 36.3. The van der Waals surface area contributed by atoms with Gasteiger partial charge in [-0.05, 0) is 23.8 Å². The molecule has 0 saturated heterocycles. The van der Waals surface area contributed by atoms with Crippen molar-refractivity contribution in [3.05, 3.63) is 54.1 Å². The normalized spacial score (nSPS) is 11.0. The number of aromatic nitrogens is 1. The van der Waals surface area contributed by atoms with Gasteiger partial charge in [0.1, 0.15) is 11.8 Å². The highest BCUT2D eigenvalue weighted by molar-refractivity contribution is 8.01. The summed E-state index contributed by atoms with van der Waals surface area (Å²) in [5.74, 6) is 0.903. The number of sulfone groups is 1. The van der Waals surface area contributed by atoms with Crippen LogP contribution in [0.15, 0.2) is 42.6 Å². The lowest BCUT2D eigenvalue weighted by Crippen LogP contribution is -2.07. The first-order valence-corrected chi connectivity index (χ1v) is 7.83. The average molecular weight is 305 g/mol. The van der Waals surface area contributed by atoms with Crippen LogP contribution in [0.5, 0.6) is 0 Å². The number of halogens is 1. The molecule has 0 fully saturated rings. The standard InChI is InChI=1S/C15H12FNO3S/c1-2-21(19,20)15(10-18)14-8-5-12(9-17-14)11-3-6-13(16)7-4-11/h3-9H,2H2,1H3. The Kier molecular flexibility index (Phi) is 4.31. The third-order valence-corrected chi connectivity index (χ3v) is 4.63. The van der Waals surface area contributed by atoms with Crippen LogP contribution in [-0.4, -0.2) is 25.1 Å². The molecule has 0 N–H and O–H groups in total. The van der Waals surface area contributed by atoms with E-state index >= 15 is 0 Å². The minimum absolute atomic E-state index is 0.0534. The quantitative estimate of drug-likeness (QED) is 0.814. The van der Waals surface area contributed by atoms with Crippen LogP contribution in [0, 0.1) is 5.82 Å². The first-order chi connectivity index (χ1) is 9.97. The summed E-state index contributed by atoms with van der Waals surface area (Å²) in [4.78, 5) is 14.4. The molecule has 4 nitrogen and oxygen atoms in total. The largest absolute Gasteiger partial charge is 0.254 e. The summed E-state index contributed by atoms with van der Waals surface area (Å²) in [5, 5.41) is 0. The molecule has 108 valence electrons. The molecular formula is C15H12FNO3S. The number of nitrogens with zero attached hydrogens (tertiary/aromatic N) is 1. The summed E-state index contributed by atoms with van der Waals surface area (Å²) in [6, 6.07) is 8.88. The van der Waals surface area contributed by atoms with Gasteiger partial charge in [0, 0.05) is 11.8 Å². The van der Waals surface area contributed by atoms with Crippen LogP contribution in [0.4, 0.5) is 4.39 Å². The van der Waals surface area contributed by atoms with Crippen molar-refractivity contribution >= 4 is 20.7 Å². The lowest BCUT2D eigenvalue weighted by atomic mass is 10.1. The molecule has 0 bridgehead atoms. The van der Waals surface area contributed by atoms with Gasteiger partial charge >= 0.3 is 0 Å². The maximum atomic E-state index is 12.9. The van der Waals surface area contributed by atoms with E-state index in [2.05, 4.69) is 4.98 Å². The Bertz CT molecular complexity index is 790. The third-order valence-electron chi connectivity index (χ3n) is 2.96. The molecule has 0 spiro atoms. The minimum atomic E-state index is -3.67. The van der Waals surface area contributed by atoms with E-state index in [9.17, 15) is 17.6 Å². The highest BCUT2D eigenvalue weighted by atomic mass is 32.2. The predicted molar refractivity (Wildman–Crippen MR) is 78.2 cm³/mol. The molecule has 1 aromatic carbocycles. The fourth-order valence-corrected chi connectivity index (χ4v) is 2.62. The summed E-state index contributed by atoms with van der Waals surface area (Å²) in [6.45, 7) is 1.44. The lowest BCUT2D eigenvalue weighted by Gasteiger charge is -2.05. The molecule has 0 amide bonds. The molecule has 1 aromatic heterocycles. The number of benzene rings is 1. The molecule has 21 heavy (non-hydrogen) atoms. The number of hydrogen-bond donors (Lipinski definition) is 0. The molecule has 2 rings (SSSR count). The lowest BCUT2D eigenvalue weighted by molar-refractivity contribution is 0.569. The average Bonchev–Trinajstić information content (AvgIpc) is 2.49. The second-order valence-corrected chi connectivity index (χ2v) is 6.49. The maximum absolute atomic E-state index is 12.9. The Morgan fingerprint density at radius 2 is 1.76 bits per heavy atom. The van der Waals surface area contributed by atoms with Gasteiger partial charge in [-0.15, -0.1) is 0 Å². The first-order valence-electron chi connectivity index (χ1n) is 6.18. The summed E-state index contributed by atoms with van der Waals surface area (Å²) >= 11 is 0. The van der Waals surface area contributed by atoms with Crippen molar-refractivity contribution in [1.82, 2.24) is 4.98 Å². The van der Waals surface area contributed by atoms with Gasteiger partial charge in [0.2, 0.25) is 0 Å². The smallest absolute Gasteiger partial charge is 0.190 e. The van der Waals surface area contributed by atoms with E-state index in [1.54, 1.807) is 18.2 Å². The fourth-order valence-electron chi connectivity index (χ4n) is 1.76. The zero-order valence-electron chi connectivity index (χ0n) is 11.2. The van der Waals surface area contributed by atoms with E-state index in [1.165, 1.54) is 37.3 Å². The van der Waals surface area contributed by atoms with Crippen molar-refractivity contribution in [1.29, 1.82) is 0 Å². The van der Waals surface area contributed by atoms with Gasteiger partial charge < -0.3 is 0 Å². The predicted octanol–water partition coefficient (Wildman–Crippen LogP) is 2.49. The Labute approximate surface area is 121 Å². The number of hydrogen-bond acceptors (Lipinski definition) is 4. The summed E-state index contributed by atoms with van der Waals surface area (Å²) in [5.41, 5.74) is 1.49.